The molecule has 5 heteroatoms. The summed E-state index contributed by atoms with van der Waals surface area (Å²) in [6.45, 7) is 2.18. The van der Waals surface area contributed by atoms with Crippen molar-refractivity contribution < 1.29 is 0 Å². The van der Waals surface area contributed by atoms with Gasteiger partial charge in [0.05, 0.1) is 11.4 Å². The van der Waals surface area contributed by atoms with Gasteiger partial charge in [-0.05, 0) is 24.5 Å². The van der Waals surface area contributed by atoms with Gasteiger partial charge >= 0.3 is 0 Å². The number of halogens is 1. The molecule has 0 saturated carbocycles. The van der Waals surface area contributed by atoms with Crippen molar-refractivity contribution in [3.05, 3.63) is 23.3 Å². The van der Waals surface area contributed by atoms with Crippen LogP contribution in [0.2, 0.25) is 0 Å². The fourth-order valence-electron chi connectivity index (χ4n) is 1.95. The van der Waals surface area contributed by atoms with E-state index in [1.54, 1.807) is 6.07 Å². The first-order valence-corrected chi connectivity index (χ1v) is 6.09. The second-order valence-electron chi connectivity index (χ2n) is 4.33. The summed E-state index contributed by atoms with van der Waals surface area (Å²) in [7, 11) is 0. The van der Waals surface area contributed by atoms with E-state index < -0.39 is 0 Å². The molecule has 0 saturated heterocycles. The normalized spacial score (nSPS) is 9.83. The van der Waals surface area contributed by atoms with Gasteiger partial charge in [0.15, 0.2) is 0 Å². The van der Waals surface area contributed by atoms with Crippen molar-refractivity contribution in [2.24, 2.45) is 5.73 Å². The third-order valence-electron chi connectivity index (χ3n) is 2.93. The van der Waals surface area contributed by atoms with E-state index in [-0.39, 0.29) is 18.2 Å². The summed E-state index contributed by atoms with van der Waals surface area (Å²) < 4.78 is 0. The molecule has 0 atom stereocenters. The Morgan fingerprint density at radius 2 is 1.83 bits per heavy atom. The van der Waals surface area contributed by atoms with Gasteiger partial charge < -0.3 is 17.2 Å². The number of nitrogen functional groups attached to an aromatic ring is 3. The van der Waals surface area contributed by atoms with Crippen LogP contribution in [0.4, 0.5) is 11.4 Å². The summed E-state index contributed by atoms with van der Waals surface area (Å²) in [5.41, 5.74) is 19.7. The first kappa shape index (κ1) is 16.6. The molecule has 0 aliphatic rings. The van der Waals surface area contributed by atoms with Crippen molar-refractivity contribution in [1.82, 2.24) is 0 Å². The maximum absolute atomic E-state index is 7.57. The predicted molar refractivity (Wildman–Crippen MR) is 81.4 cm³/mol. The third kappa shape index (κ3) is 4.11. The van der Waals surface area contributed by atoms with Crippen LogP contribution < -0.4 is 17.2 Å². The number of aryl methyl sites for hydroxylation is 1. The zero-order valence-electron chi connectivity index (χ0n) is 10.8. The molecule has 1 rings (SSSR count). The van der Waals surface area contributed by atoms with Gasteiger partial charge in [-0.15, -0.1) is 12.4 Å². The van der Waals surface area contributed by atoms with Crippen molar-refractivity contribution in [2.75, 3.05) is 11.5 Å². The SMILES string of the molecule is CCCCCCc1ccc(N)c(N)c1C(=N)N.Cl. The van der Waals surface area contributed by atoms with Crippen LogP contribution in [-0.2, 0) is 6.42 Å². The van der Waals surface area contributed by atoms with Gasteiger partial charge in [0.2, 0.25) is 0 Å². The van der Waals surface area contributed by atoms with Crippen molar-refractivity contribution in [2.45, 2.75) is 39.0 Å². The maximum Gasteiger partial charge on any atom is 0.125 e. The Morgan fingerprint density at radius 1 is 1.17 bits per heavy atom. The second-order valence-corrected chi connectivity index (χ2v) is 4.33. The van der Waals surface area contributed by atoms with Crippen molar-refractivity contribution in [3.8, 4) is 0 Å². The van der Waals surface area contributed by atoms with Crippen LogP contribution in [0.25, 0.3) is 0 Å². The molecule has 0 spiro atoms. The Morgan fingerprint density at radius 3 is 2.39 bits per heavy atom. The molecule has 0 aliphatic carbocycles. The summed E-state index contributed by atoms with van der Waals surface area (Å²) in [6.07, 6.45) is 5.64. The van der Waals surface area contributed by atoms with Crippen molar-refractivity contribution in [3.63, 3.8) is 0 Å². The minimum atomic E-state index is 0. The van der Waals surface area contributed by atoms with Gasteiger partial charge in [0.25, 0.3) is 0 Å². The fraction of sp³-hybridized carbons (Fsp3) is 0.462. The predicted octanol–water partition coefficient (Wildman–Crippen LogP) is 2.68. The Balaban J connectivity index is 0.00000289. The smallest absolute Gasteiger partial charge is 0.125 e. The lowest BCUT2D eigenvalue weighted by molar-refractivity contribution is 0.666. The quantitative estimate of drug-likeness (QED) is 0.277. The molecule has 7 N–H and O–H groups in total. The highest BCUT2D eigenvalue weighted by molar-refractivity contribution is 6.03. The van der Waals surface area contributed by atoms with E-state index >= 15 is 0 Å². The highest BCUT2D eigenvalue weighted by Gasteiger charge is 2.11. The minimum absolute atomic E-state index is 0. The lowest BCUT2D eigenvalue weighted by Crippen LogP contribution is -2.17. The highest BCUT2D eigenvalue weighted by Crippen LogP contribution is 2.24. The van der Waals surface area contributed by atoms with Crippen LogP contribution in [0.5, 0.6) is 0 Å². The Bertz CT molecular complexity index is 404. The Hall–Kier alpha value is -1.42. The summed E-state index contributed by atoms with van der Waals surface area (Å²) in [5.74, 6) is 0.000270. The molecule has 0 aliphatic heterocycles. The van der Waals surface area contributed by atoms with Crippen LogP contribution in [0.3, 0.4) is 0 Å². The van der Waals surface area contributed by atoms with E-state index in [2.05, 4.69) is 6.92 Å². The molecule has 0 amide bonds. The first-order valence-electron chi connectivity index (χ1n) is 6.09. The number of unbranched alkanes of at least 4 members (excludes halogenated alkanes) is 3. The number of benzene rings is 1. The molecule has 1 aromatic rings. The molecule has 0 aromatic heterocycles. The van der Waals surface area contributed by atoms with E-state index in [0.717, 1.165) is 18.4 Å². The van der Waals surface area contributed by atoms with E-state index in [4.69, 9.17) is 22.6 Å². The van der Waals surface area contributed by atoms with E-state index in [0.29, 0.717) is 16.9 Å². The number of hydrogen-bond acceptors (Lipinski definition) is 3. The van der Waals surface area contributed by atoms with Crippen LogP contribution in [0.15, 0.2) is 12.1 Å². The lowest BCUT2D eigenvalue weighted by Gasteiger charge is -2.13. The van der Waals surface area contributed by atoms with E-state index in [9.17, 15) is 0 Å². The highest BCUT2D eigenvalue weighted by atomic mass is 35.5. The third-order valence-corrected chi connectivity index (χ3v) is 2.93. The Kier molecular flexibility index (Phi) is 7.20. The van der Waals surface area contributed by atoms with Gasteiger partial charge in [0, 0.05) is 5.56 Å². The minimum Gasteiger partial charge on any atom is -0.397 e. The largest absolute Gasteiger partial charge is 0.397 e. The molecule has 1 aromatic carbocycles. The van der Waals surface area contributed by atoms with Gasteiger partial charge in [-0.2, -0.15) is 0 Å². The number of nitrogens with two attached hydrogens (primary N) is 3. The zero-order chi connectivity index (χ0) is 12.8. The van der Waals surface area contributed by atoms with E-state index in [1.807, 2.05) is 6.07 Å². The van der Waals surface area contributed by atoms with Gasteiger partial charge in [0.1, 0.15) is 5.84 Å². The molecule has 102 valence electrons. The average Bonchev–Trinajstić information content (AvgIpc) is 2.28. The van der Waals surface area contributed by atoms with Gasteiger partial charge in [-0.3, -0.25) is 5.41 Å². The number of anilines is 2. The fourth-order valence-corrected chi connectivity index (χ4v) is 1.95. The molecular formula is C13H23ClN4. The summed E-state index contributed by atoms with van der Waals surface area (Å²) in [4.78, 5) is 0. The Labute approximate surface area is 115 Å². The second kappa shape index (κ2) is 7.82. The van der Waals surface area contributed by atoms with Crippen LogP contribution >= 0.6 is 12.4 Å². The number of amidine groups is 1. The summed E-state index contributed by atoms with van der Waals surface area (Å²) in [6, 6.07) is 3.71. The molecule has 0 heterocycles. The van der Waals surface area contributed by atoms with Crippen LogP contribution in [0.1, 0.15) is 43.7 Å². The molecule has 18 heavy (non-hydrogen) atoms. The molecule has 0 fully saturated rings. The van der Waals surface area contributed by atoms with Crippen molar-refractivity contribution in [1.29, 1.82) is 5.41 Å². The molecule has 4 nitrogen and oxygen atoms in total. The number of hydrogen-bond donors (Lipinski definition) is 4. The maximum atomic E-state index is 7.57. The average molecular weight is 271 g/mol. The molecular weight excluding hydrogens is 248 g/mol. The molecule has 0 radical (unpaired) electrons. The zero-order valence-corrected chi connectivity index (χ0v) is 11.6. The van der Waals surface area contributed by atoms with Crippen LogP contribution in [0, 0.1) is 5.41 Å². The molecule has 0 unspecified atom stereocenters. The summed E-state index contributed by atoms with van der Waals surface area (Å²) >= 11 is 0. The topological polar surface area (TPSA) is 102 Å². The summed E-state index contributed by atoms with van der Waals surface area (Å²) in [5, 5.41) is 7.57. The van der Waals surface area contributed by atoms with Gasteiger partial charge in [-0.1, -0.05) is 32.3 Å². The number of rotatable bonds is 6. The molecule has 0 bridgehead atoms. The van der Waals surface area contributed by atoms with Crippen LogP contribution in [-0.4, -0.2) is 5.84 Å². The number of nitrogens with one attached hydrogen (secondary N) is 1. The van der Waals surface area contributed by atoms with Gasteiger partial charge in [-0.25, -0.2) is 0 Å². The van der Waals surface area contributed by atoms with E-state index in [1.165, 1.54) is 19.3 Å². The lowest BCUT2D eigenvalue weighted by atomic mass is 9.98. The standard InChI is InChI=1S/C13H22N4.ClH/c1-2-3-4-5-6-9-7-8-10(14)12(15)11(9)13(16)17;/h7-8H,2-6,14-15H2,1H3,(H3,16,17);1H. The first-order chi connectivity index (χ1) is 8.07. The van der Waals surface area contributed by atoms with Crippen molar-refractivity contribution >= 4 is 29.6 Å². The monoisotopic (exact) mass is 270 g/mol.